The van der Waals surface area contributed by atoms with Crippen LogP contribution in [-0.4, -0.2) is 4.98 Å². The third kappa shape index (κ3) is 44.0. The molecular weight excluding hydrogens is 1290 g/mol. The van der Waals surface area contributed by atoms with Gasteiger partial charge in [-0.1, -0.05) is 216 Å². The van der Waals surface area contributed by atoms with Crippen molar-refractivity contribution in [2.24, 2.45) is 23.7 Å². The monoisotopic (exact) mass is 1370 g/mol. The molecule has 64 heavy (non-hydrogen) atoms. The van der Waals surface area contributed by atoms with E-state index in [1.807, 2.05) is 97.2 Å². The van der Waals surface area contributed by atoms with E-state index in [1.165, 1.54) is 49.0 Å². The average molecular weight is 1370 g/mol. The van der Waals surface area contributed by atoms with Gasteiger partial charge in [-0.3, -0.25) is 9.78 Å². The van der Waals surface area contributed by atoms with Crippen molar-refractivity contribution in [1.82, 2.24) is 4.98 Å². The van der Waals surface area contributed by atoms with Crippen LogP contribution < -0.4 is 5.43 Å². The molecule has 0 N–H and O–H groups in total. The SMILES string of the molecule is CC(C)C.CC(C)C.CC(C)C.CC(C)C.Cc1ccccc1.O=c1ccoc2ccccc12.[U].[V].[W].[Y].c1ccc2c(c1)CCCC2.c1ccc2ncccc2c1.c1ccccc1. The zero-order valence-electron chi connectivity index (χ0n) is 41.5. The standard InChI is InChI=1S/C10H12.C9H7N.C9H6O2.C7H8.C6H6.4C4H10.U.V.W.Y/c1-2-6-10-8-4-3-7-9(10)5-1;1-2-6-9-8(4-1)5-3-7-10-9;10-8-5-6-11-9-4-2-1-3-7(8)9;1-7-5-3-2-4-6-7;1-2-4-6-5-3-1;4*1-4(2)3;;;;/h1-2,5-6H,3-4,7-8H2;1-7H;1-6H;2-6H,1H3;1-6H;4*4H,1-3H3;;;;. The van der Waals surface area contributed by atoms with Crippen LogP contribution in [0.1, 0.15) is 113 Å². The molecule has 2 aromatic heterocycles. The molecule has 0 atom stereocenters. The number of aromatic nitrogens is 1. The van der Waals surface area contributed by atoms with E-state index in [-0.39, 0.29) is 109 Å². The Balaban J connectivity index is -0.000000208. The summed E-state index contributed by atoms with van der Waals surface area (Å²) in [4.78, 5) is 15.3. The van der Waals surface area contributed by atoms with Gasteiger partial charge in [-0.15, -0.1) is 0 Å². The van der Waals surface area contributed by atoms with Gasteiger partial charge in [0.1, 0.15) is 5.58 Å². The molecule has 2 radical (unpaired) electrons. The molecule has 1 aliphatic carbocycles. The Hall–Kier alpha value is -1.85. The molecule has 0 amide bonds. The van der Waals surface area contributed by atoms with E-state index in [2.05, 4.69) is 144 Å². The molecule has 8 rings (SSSR count). The Bertz CT molecular complexity index is 1920. The molecule has 0 bridgehead atoms. The topological polar surface area (TPSA) is 43.1 Å². The number of para-hydroxylation sites is 2. The van der Waals surface area contributed by atoms with Gasteiger partial charge in [0.2, 0.25) is 0 Å². The van der Waals surface area contributed by atoms with Gasteiger partial charge in [-0.2, -0.15) is 0 Å². The fraction of sp³-hybridized carbons (Fsp3) is 0.368. The summed E-state index contributed by atoms with van der Waals surface area (Å²) < 4.78 is 5.09. The number of benzene rings is 5. The van der Waals surface area contributed by atoms with Gasteiger partial charge in [0, 0.05) is 121 Å². The van der Waals surface area contributed by atoms with Crippen LogP contribution in [0.25, 0.3) is 21.9 Å². The summed E-state index contributed by atoms with van der Waals surface area (Å²) in [6.45, 7) is 28.1. The van der Waals surface area contributed by atoms with Gasteiger partial charge in [-0.25, -0.2) is 0 Å². The molecule has 5 aromatic carbocycles. The molecule has 0 saturated heterocycles. The summed E-state index contributed by atoms with van der Waals surface area (Å²) >= 11 is 0. The number of fused-ring (bicyclic) bond motifs is 3. The zero-order chi connectivity index (χ0) is 45.0. The van der Waals surface area contributed by atoms with Gasteiger partial charge in [0.05, 0.1) is 17.2 Å². The van der Waals surface area contributed by atoms with Gasteiger partial charge < -0.3 is 4.42 Å². The van der Waals surface area contributed by atoms with Crippen molar-refractivity contribution in [3.05, 3.63) is 197 Å². The van der Waals surface area contributed by atoms with Gasteiger partial charge >= 0.3 is 0 Å². The molecule has 3 nitrogen and oxygen atoms in total. The maximum absolute atomic E-state index is 11.1. The predicted octanol–water partition coefficient (Wildman–Crippen LogP) is 16.9. The fourth-order valence-electron chi connectivity index (χ4n) is 4.64. The second-order valence-electron chi connectivity index (χ2n) is 17.2. The van der Waals surface area contributed by atoms with Crippen LogP contribution in [-0.2, 0) is 85.2 Å². The van der Waals surface area contributed by atoms with Crippen molar-refractivity contribution in [3.8, 4) is 0 Å². The Kier molecular flexibility index (Phi) is 53.0. The normalized spacial score (nSPS) is 9.83. The smallest absolute Gasteiger partial charge is 0.192 e. The van der Waals surface area contributed by atoms with Gasteiger partial charge in [0.25, 0.3) is 0 Å². The average Bonchev–Trinajstić information content (AvgIpc) is 3.22. The summed E-state index contributed by atoms with van der Waals surface area (Å²) in [6, 6.07) is 51.8. The van der Waals surface area contributed by atoms with Crippen LogP contribution in [0, 0.1) is 61.7 Å². The summed E-state index contributed by atoms with van der Waals surface area (Å²) in [6.07, 6.45) is 8.59. The first-order valence-corrected chi connectivity index (χ1v) is 22.0. The van der Waals surface area contributed by atoms with Crippen molar-refractivity contribution < 1.29 is 108 Å². The van der Waals surface area contributed by atoms with E-state index in [0.29, 0.717) is 11.0 Å². The van der Waals surface area contributed by atoms with Crippen molar-refractivity contribution in [3.63, 3.8) is 0 Å². The molecule has 0 spiro atoms. The number of aryl methyl sites for hydroxylation is 3. The Labute approximate surface area is 466 Å². The molecule has 7 heteroatoms. The summed E-state index contributed by atoms with van der Waals surface area (Å²) in [5.74, 6) is 3.33. The molecule has 0 saturated carbocycles. The number of hydrogen-bond donors (Lipinski definition) is 0. The van der Waals surface area contributed by atoms with Crippen LogP contribution >= 0.6 is 0 Å². The molecule has 342 valence electrons. The third-order valence-electron chi connectivity index (χ3n) is 6.95. The second-order valence-corrected chi connectivity index (χ2v) is 17.2. The number of hydrogen-bond acceptors (Lipinski definition) is 3. The van der Waals surface area contributed by atoms with Gasteiger partial charge in [0.15, 0.2) is 5.43 Å². The molecule has 0 fully saturated rings. The van der Waals surface area contributed by atoms with E-state index in [0.717, 1.165) is 29.2 Å². The minimum absolute atomic E-state index is 0. The van der Waals surface area contributed by atoms with E-state index < -0.39 is 0 Å². The van der Waals surface area contributed by atoms with Crippen LogP contribution in [0.3, 0.4) is 0 Å². The summed E-state index contributed by atoms with van der Waals surface area (Å²) in [7, 11) is 0. The largest absolute Gasteiger partial charge is 0.464 e. The van der Waals surface area contributed by atoms with E-state index in [9.17, 15) is 4.79 Å². The molecule has 7 aromatic rings. The quantitative estimate of drug-likeness (QED) is 0.152. The maximum Gasteiger partial charge on any atom is 0.192 e. The molecule has 1 aliphatic rings. The summed E-state index contributed by atoms with van der Waals surface area (Å²) in [5.41, 5.74) is 6.18. The van der Waals surface area contributed by atoms with Gasteiger partial charge in [-0.05, 0) is 91.7 Å². The van der Waals surface area contributed by atoms with E-state index >= 15 is 0 Å². The van der Waals surface area contributed by atoms with Crippen molar-refractivity contribution in [2.75, 3.05) is 0 Å². The summed E-state index contributed by atoms with van der Waals surface area (Å²) in [5, 5.41) is 1.83. The minimum Gasteiger partial charge on any atom is -0.464 e. The zero-order valence-corrected chi connectivity index (χ0v) is 52.8. The molecular formula is C57H79NO2UVWY. The maximum atomic E-state index is 11.1. The fourth-order valence-corrected chi connectivity index (χ4v) is 4.64. The molecule has 2 heterocycles. The second kappa shape index (κ2) is 47.6. The van der Waals surface area contributed by atoms with Crippen LogP contribution in [0.2, 0.25) is 0 Å². The third-order valence-corrected chi connectivity index (χ3v) is 6.95. The van der Waals surface area contributed by atoms with Crippen LogP contribution in [0.5, 0.6) is 0 Å². The minimum atomic E-state index is 0. The van der Waals surface area contributed by atoms with Crippen LogP contribution in [0.15, 0.2) is 179 Å². The first kappa shape index (κ1) is 71.2. The van der Waals surface area contributed by atoms with Crippen molar-refractivity contribution in [2.45, 2.75) is 116 Å². The van der Waals surface area contributed by atoms with E-state index in [4.69, 9.17) is 4.42 Å². The first-order valence-electron chi connectivity index (χ1n) is 22.0. The molecule has 0 aliphatic heterocycles. The van der Waals surface area contributed by atoms with Crippen molar-refractivity contribution >= 4 is 21.9 Å². The predicted molar refractivity (Wildman–Crippen MR) is 267 cm³/mol. The Morgan fingerprint density at radius 1 is 0.484 bits per heavy atom. The first-order chi connectivity index (χ1) is 28.6. The van der Waals surface area contributed by atoms with Crippen LogP contribution in [0.4, 0.5) is 0 Å². The Morgan fingerprint density at radius 2 is 0.844 bits per heavy atom. The number of pyridine rings is 1. The Morgan fingerprint density at radius 3 is 1.25 bits per heavy atom. The van der Waals surface area contributed by atoms with E-state index in [1.54, 1.807) is 23.3 Å². The number of rotatable bonds is 0. The number of nitrogens with zero attached hydrogens (tertiary/aromatic N) is 1. The van der Waals surface area contributed by atoms with Crippen molar-refractivity contribution in [1.29, 1.82) is 0 Å². The molecule has 0 unspecified atom stereocenters.